The van der Waals surface area contributed by atoms with Gasteiger partial charge in [-0.05, 0) is 5.92 Å². The highest BCUT2D eigenvalue weighted by molar-refractivity contribution is 5.88. The molecule has 1 heterocycles. The van der Waals surface area contributed by atoms with Gasteiger partial charge in [-0.2, -0.15) is 0 Å². The van der Waals surface area contributed by atoms with Gasteiger partial charge < -0.3 is 20.5 Å². The lowest BCUT2D eigenvalue weighted by atomic mass is 10.0. The van der Waals surface area contributed by atoms with Crippen LogP contribution >= 0.6 is 0 Å². The first-order valence-corrected chi connectivity index (χ1v) is 5.70. The number of methoxy groups -OCH3 is 1. The van der Waals surface area contributed by atoms with Crippen molar-refractivity contribution in [1.82, 2.24) is 4.90 Å². The second-order valence-corrected chi connectivity index (χ2v) is 4.69. The number of nitrogens with zero attached hydrogens (tertiary/aromatic N) is 1. The summed E-state index contributed by atoms with van der Waals surface area (Å²) >= 11 is 0. The predicted octanol–water partition coefficient (Wildman–Crippen LogP) is -0.895. The number of carbonyl (C=O) groups is 2. The summed E-state index contributed by atoms with van der Waals surface area (Å²) in [5, 5.41) is 9.54. The molecule has 0 aromatic rings. The maximum Gasteiger partial charge on any atom is 0.328 e. The Morgan fingerprint density at radius 3 is 2.53 bits per heavy atom. The standard InChI is InChI=1S/C11H20N2O4/c1-6(2)9(12)10(15)13-5-7(14)4-8(13)11(16)17-3/h6-9,14H,4-5,12H2,1-3H3/t7-,8+,9+/m1/s1. The Kier molecular flexibility index (Phi) is 4.47. The fourth-order valence-electron chi connectivity index (χ4n) is 1.89. The minimum absolute atomic E-state index is 0.0152. The molecule has 1 rings (SSSR count). The summed E-state index contributed by atoms with van der Waals surface area (Å²) in [5.74, 6) is -0.837. The summed E-state index contributed by atoms with van der Waals surface area (Å²) in [6, 6.07) is -1.38. The van der Waals surface area contributed by atoms with E-state index in [9.17, 15) is 14.7 Å². The van der Waals surface area contributed by atoms with Gasteiger partial charge in [0.05, 0.1) is 19.3 Å². The van der Waals surface area contributed by atoms with E-state index < -0.39 is 24.2 Å². The number of rotatable bonds is 3. The Bertz CT molecular complexity index is 306. The molecule has 1 amide bonds. The summed E-state index contributed by atoms with van der Waals surface area (Å²) in [4.78, 5) is 24.9. The van der Waals surface area contributed by atoms with Gasteiger partial charge in [-0.15, -0.1) is 0 Å². The van der Waals surface area contributed by atoms with Gasteiger partial charge in [0, 0.05) is 13.0 Å². The van der Waals surface area contributed by atoms with Crippen molar-refractivity contribution in [3.63, 3.8) is 0 Å². The maximum atomic E-state index is 12.0. The third-order valence-electron chi connectivity index (χ3n) is 3.04. The summed E-state index contributed by atoms with van der Waals surface area (Å²) < 4.78 is 4.62. The highest BCUT2D eigenvalue weighted by Crippen LogP contribution is 2.20. The SMILES string of the molecule is COC(=O)[C@@H]1C[C@@H](O)CN1C(=O)[C@@H](N)C(C)C. The molecular formula is C11H20N2O4. The molecule has 1 fully saturated rings. The first kappa shape index (κ1) is 13.9. The van der Waals surface area contributed by atoms with E-state index in [0.717, 1.165) is 0 Å². The molecule has 0 aliphatic carbocycles. The molecule has 0 spiro atoms. The summed E-state index contributed by atoms with van der Waals surface area (Å²) in [6.45, 7) is 3.81. The largest absolute Gasteiger partial charge is 0.467 e. The zero-order chi connectivity index (χ0) is 13.2. The minimum Gasteiger partial charge on any atom is -0.467 e. The molecule has 3 N–H and O–H groups in total. The van der Waals surface area contributed by atoms with Crippen LogP contribution in [0.2, 0.25) is 0 Å². The average molecular weight is 244 g/mol. The molecule has 0 aromatic heterocycles. The highest BCUT2D eigenvalue weighted by Gasteiger charge is 2.41. The molecule has 0 unspecified atom stereocenters. The quantitative estimate of drug-likeness (QED) is 0.628. The van der Waals surface area contributed by atoms with Gasteiger partial charge in [0.1, 0.15) is 6.04 Å². The molecule has 0 radical (unpaired) electrons. The molecule has 3 atom stereocenters. The number of nitrogens with two attached hydrogens (primary N) is 1. The molecule has 17 heavy (non-hydrogen) atoms. The van der Waals surface area contributed by atoms with Gasteiger partial charge in [0.25, 0.3) is 0 Å². The van der Waals surface area contributed by atoms with E-state index in [1.165, 1.54) is 12.0 Å². The molecule has 98 valence electrons. The third-order valence-corrected chi connectivity index (χ3v) is 3.04. The van der Waals surface area contributed by atoms with Crippen molar-refractivity contribution in [2.24, 2.45) is 11.7 Å². The zero-order valence-electron chi connectivity index (χ0n) is 10.4. The number of likely N-dealkylation sites (tertiary alicyclic amines) is 1. The van der Waals surface area contributed by atoms with E-state index in [1.54, 1.807) is 0 Å². The van der Waals surface area contributed by atoms with E-state index in [-0.39, 0.29) is 24.8 Å². The topological polar surface area (TPSA) is 92.9 Å². The van der Waals surface area contributed by atoms with Crippen molar-refractivity contribution in [2.45, 2.75) is 38.5 Å². The van der Waals surface area contributed by atoms with Gasteiger partial charge in [-0.1, -0.05) is 13.8 Å². The Balaban J connectivity index is 2.80. The van der Waals surface area contributed by atoms with Gasteiger partial charge in [0.2, 0.25) is 5.91 Å². The molecule has 1 saturated heterocycles. The van der Waals surface area contributed by atoms with Crippen LogP contribution in [-0.4, -0.2) is 53.7 Å². The van der Waals surface area contributed by atoms with Crippen molar-refractivity contribution in [3.05, 3.63) is 0 Å². The summed E-state index contributed by atoms with van der Waals surface area (Å²) in [5.41, 5.74) is 5.76. The van der Waals surface area contributed by atoms with Crippen molar-refractivity contribution >= 4 is 11.9 Å². The number of amides is 1. The first-order chi connectivity index (χ1) is 7.88. The fourth-order valence-corrected chi connectivity index (χ4v) is 1.89. The Morgan fingerprint density at radius 1 is 1.47 bits per heavy atom. The van der Waals surface area contributed by atoms with Crippen molar-refractivity contribution in [2.75, 3.05) is 13.7 Å². The van der Waals surface area contributed by atoms with Crippen LogP contribution in [0, 0.1) is 5.92 Å². The number of hydrogen-bond donors (Lipinski definition) is 2. The second-order valence-electron chi connectivity index (χ2n) is 4.69. The zero-order valence-corrected chi connectivity index (χ0v) is 10.4. The van der Waals surface area contributed by atoms with Crippen LogP contribution in [0.1, 0.15) is 20.3 Å². The number of carbonyl (C=O) groups excluding carboxylic acids is 2. The van der Waals surface area contributed by atoms with Gasteiger partial charge in [0.15, 0.2) is 0 Å². The van der Waals surface area contributed by atoms with Crippen LogP contribution in [0.25, 0.3) is 0 Å². The van der Waals surface area contributed by atoms with Crippen LogP contribution in [0.5, 0.6) is 0 Å². The molecule has 1 aliphatic rings. The highest BCUT2D eigenvalue weighted by atomic mass is 16.5. The molecule has 0 aromatic carbocycles. The Hall–Kier alpha value is -1.14. The van der Waals surface area contributed by atoms with E-state index in [2.05, 4.69) is 4.74 Å². The lowest BCUT2D eigenvalue weighted by Gasteiger charge is -2.26. The van der Waals surface area contributed by atoms with Gasteiger partial charge in [-0.3, -0.25) is 4.79 Å². The molecule has 6 nitrogen and oxygen atoms in total. The Labute approximate surface area is 101 Å². The minimum atomic E-state index is -0.715. The molecular weight excluding hydrogens is 224 g/mol. The van der Waals surface area contributed by atoms with Crippen LogP contribution in [0.15, 0.2) is 0 Å². The van der Waals surface area contributed by atoms with Gasteiger partial charge >= 0.3 is 5.97 Å². The molecule has 1 aliphatic heterocycles. The number of hydrogen-bond acceptors (Lipinski definition) is 5. The number of β-amino-alcohol motifs (C(OH)–C–C–N with tert-alkyl or cyclic N) is 1. The van der Waals surface area contributed by atoms with Crippen LogP contribution < -0.4 is 5.73 Å². The number of esters is 1. The average Bonchev–Trinajstić information content (AvgIpc) is 2.68. The van der Waals surface area contributed by atoms with Crippen LogP contribution in [-0.2, 0) is 14.3 Å². The normalized spacial score (nSPS) is 26.1. The van der Waals surface area contributed by atoms with Crippen LogP contribution in [0.4, 0.5) is 0 Å². The number of ether oxygens (including phenoxy) is 1. The summed E-state index contributed by atoms with van der Waals surface area (Å²) in [7, 11) is 1.26. The van der Waals surface area contributed by atoms with Crippen LogP contribution in [0.3, 0.4) is 0 Å². The smallest absolute Gasteiger partial charge is 0.328 e. The lowest BCUT2D eigenvalue weighted by Crippen LogP contribution is -2.50. The Morgan fingerprint density at radius 2 is 2.06 bits per heavy atom. The van der Waals surface area contributed by atoms with E-state index in [1.807, 2.05) is 13.8 Å². The lowest BCUT2D eigenvalue weighted by molar-refractivity contribution is -0.151. The van der Waals surface area contributed by atoms with Crippen molar-refractivity contribution in [3.8, 4) is 0 Å². The maximum absolute atomic E-state index is 12.0. The third kappa shape index (κ3) is 2.95. The van der Waals surface area contributed by atoms with E-state index in [4.69, 9.17) is 5.73 Å². The van der Waals surface area contributed by atoms with Crippen molar-refractivity contribution in [1.29, 1.82) is 0 Å². The van der Waals surface area contributed by atoms with E-state index in [0.29, 0.717) is 0 Å². The monoisotopic (exact) mass is 244 g/mol. The van der Waals surface area contributed by atoms with E-state index >= 15 is 0 Å². The molecule has 0 bridgehead atoms. The van der Waals surface area contributed by atoms with Gasteiger partial charge in [-0.25, -0.2) is 4.79 Å². The summed E-state index contributed by atoms with van der Waals surface area (Å²) in [6.07, 6.45) is -0.481. The second kappa shape index (κ2) is 5.46. The predicted molar refractivity (Wildman–Crippen MR) is 61.0 cm³/mol. The fraction of sp³-hybridized carbons (Fsp3) is 0.818. The number of aliphatic hydroxyl groups is 1. The number of aliphatic hydroxyl groups excluding tert-OH is 1. The first-order valence-electron chi connectivity index (χ1n) is 5.70. The van der Waals surface area contributed by atoms with Crippen molar-refractivity contribution < 1.29 is 19.4 Å². The molecule has 0 saturated carbocycles. The molecule has 6 heteroatoms.